The molecule has 0 saturated heterocycles. The van der Waals surface area contributed by atoms with Gasteiger partial charge in [0.2, 0.25) is 0 Å². The molecule has 0 bridgehead atoms. The van der Waals surface area contributed by atoms with Gasteiger partial charge in [-0.25, -0.2) is 0 Å². The maximum absolute atomic E-state index is 12.4. The second kappa shape index (κ2) is 10.8. The molecule has 6 rings (SSSR count). The smallest absolute Gasteiger partial charge is 0.273 e. The van der Waals surface area contributed by atoms with Crippen LogP contribution in [0.2, 0.25) is 5.02 Å². The van der Waals surface area contributed by atoms with Gasteiger partial charge < -0.3 is 5.32 Å². The Morgan fingerprint density at radius 2 is 1.89 bits per heavy atom. The number of nitrogens with zero attached hydrogens (tertiary/aromatic N) is 6. The van der Waals surface area contributed by atoms with Crippen molar-refractivity contribution in [3.05, 3.63) is 105 Å². The average Bonchev–Trinajstić information content (AvgIpc) is 3.56. The number of hydrogen-bond acceptors (Lipinski definition) is 6. The molecular formula is C29H28ClN7O. The number of fused-ring (bicyclic) bond motifs is 1. The van der Waals surface area contributed by atoms with Crippen LogP contribution < -0.4 is 5.32 Å². The molecule has 8 nitrogen and oxygen atoms in total. The molecule has 9 heteroatoms. The van der Waals surface area contributed by atoms with Gasteiger partial charge in [-0.1, -0.05) is 40.6 Å². The molecule has 0 atom stereocenters. The Kier molecular flexibility index (Phi) is 6.96. The van der Waals surface area contributed by atoms with Crippen LogP contribution in [0, 0.1) is 5.92 Å². The van der Waals surface area contributed by atoms with Crippen molar-refractivity contribution in [2.45, 2.75) is 51.6 Å². The molecule has 1 saturated carbocycles. The van der Waals surface area contributed by atoms with Crippen LogP contribution in [-0.4, -0.2) is 36.1 Å². The number of hydrogen-bond donors (Lipinski definition) is 1. The van der Waals surface area contributed by atoms with E-state index in [1.54, 1.807) is 17.1 Å². The average molecular weight is 526 g/mol. The Morgan fingerprint density at radius 3 is 2.68 bits per heavy atom. The quantitative estimate of drug-likeness (QED) is 0.297. The molecule has 38 heavy (non-hydrogen) atoms. The number of rotatable bonds is 10. The van der Waals surface area contributed by atoms with Crippen LogP contribution in [0.15, 0.2) is 66.5 Å². The van der Waals surface area contributed by atoms with E-state index in [2.05, 4.69) is 49.0 Å². The van der Waals surface area contributed by atoms with Crippen molar-refractivity contribution in [2.75, 3.05) is 0 Å². The summed E-state index contributed by atoms with van der Waals surface area (Å²) >= 11 is 6.15. The van der Waals surface area contributed by atoms with Gasteiger partial charge in [-0.2, -0.15) is 10.2 Å². The monoisotopic (exact) mass is 525 g/mol. The standard InChI is InChI=1S/C29H28ClN7O/c30-21-11-9-20(10-12-21)28-24(19-7-8-19)16-26-25(28)15-22(33-34-26)5-2-4-14-37-18-27(35-36-37)29(38)32-17-23-6-1-3-13-31-23/h1,3,6,9-13,15,18-19H,2,4-5,7-8,14,16-17H2,(H,32,38). The molecule has 192 valence electrons. The first-order valence-electron chi connectivity index (χ1n) is 13.1. The van der Waals surface area contributed by atoms with Crippen molar-refractivity contribution < 1.29 is 4.79 Å². The summed E-state index contributed by atoms with van der Waals surface area (Å²) in [6, 6.07) is 16.0. The summed E-state index contributed by atoms with van der Waals surface area (Å²) in [5, 5.41) is 20.9. The van der Waals surface area contributed by atoms with Crippen molar-refractivity contribution in [1.82, 2.24) is 35.5 Å². The number of carbonyl (C=O) groups is 1. The van der Waals surface area contributed by atoms with Crippen LogP contribution >= 0.6 is 11.6 Å². The lowest BCUT2D eigenvalue weighted by atomic mass is 9.96. The largest absolute Gasteiger partial charge is 0.345 e. The topological polar surface area (TPSA) is 98.5 Å². The minimum atomic E-state index is -0.259. The van der Waals surface area contributed by atoms with Crippen molar-refractivity contribution >= 4 is 23.1 Å². The number of halogens is 1. The summed E-state index contributed by atoms with van der Waals surface area (Å²) in [5.41, 5.74) is 8.43. The second-order valence-electron chi connectivity index (χ2n) is 9.88. The number of allylic oxidation sites excluding steroid dienone is 1. The predicted octanol–water partition coefficient (Wildman–Crippen LogP) is 4.84. The van der Waals surface area contributed by atoms with E-state index in [1.807, 2.05) is 30.3 Å². The van der Waals surface area contributed by atoms with E-state index < -0.39 is 0 Å². The Balaban J connectivity index is 1.05. The Bertz CT molecular complexity index is 1480. The lowest BCUT2D eigenvalue weighted by molar-refractivity contribution is 0.0945. The van der Waals surface area contributed by atoms with Gasteiger partial charge in [-0.15, -0.1) is 5.10 Å². The number of amides is 1. The number of aryl methyl sites for hydroxylation is 2. The Morgan fingerprint density at radius 1 is 1.03 bits per heavy atom. The zero-order chi connectivity index (χ0) is 25.9. The minimum absolute atomic E-state index is 0.259. The molecule has 0 spiro atoms. The molecule has 1 fully saturated rings. The summed E-state index contributed by atoms with van der Waals surface area (Å²) < 4.78 is 1.72. The van der Waals surface area contributed by atoms with Gasteiger partial charge in [-0.05, 0) is 79.5 Å². The predicted molar refractivity (Wildman–Crippen MR) is 144 cm³/mol. The van der Waals surface area contributed by atoms with Crippen molar-refractivity contribution in [3.63, 3.8) is 0 Å². The van der Waals surface area contributed by atoms with Gasteiger partial charge in [0.05, 0.1) is 29.8 Å². The van der Waals surface area contributed by atoms with Crippen LogP contribution in [0.5, 0.6) is 0 Å². The molecule has 3 aromatic heterocycles. The maximum atomic E-state index is 12.4. The summed E-state index contributed by atoms with van der Waals surface area (Å²) in [6.07, 6.45) is 9.47. The summed E-state index contributed by atoms with van der Waals surface area (Å²) in [4.78, 5) is 16.6. The second-order valence-corrected chi connectivity index (χ2v) is 10.3. The highest BCUT2D eigenvalue weighted by Gasteiger charge is 2.34. The Hall–Kier alpha value is -3.91. The number of carbonyl (C=O) groups excluding carboxylic acids is 1. The summed E-state index contributed by atoms with van der Waals surface area (Å²) in [6.45, 7) is 1.03. The van der Waals surface area contributed by atoms with E-state index in [0.29, 0.717) is 24.7 Å². The number of benzene rings is 1. The minimum Gasteiger partial charge on any atom is -0.345 e. The van der Waals surface area contributed by atoms with Gasteiger partial charge in [0.25, 0.3) is 5.91 Å². The fourth-order valence-corrected chi connectivity index (χ4v) is 5.09. The highest BCUT2D eigenvalue weighted by atomic mass is 35.5. The molecule has 4 aromatic rings. The van der Waals surface area contributed by atoms with Crippen LogP contribution in [0.25, 0.3) is 5.57 Å². The van der Waals surface area contributed by atoms with Crippen LogP contribution in [0.4, 0.5) is 0 Å². The number of nitrogens with one attached hydrogen (secondary N) is 1. The third-order valence-electron chi connectivity index (χ3n) is 7.07. The first-order valence-corrected chi connectivity index (χ1v) is 13.4. The molecule has 0 aliphatic heterocycles. The fraction of sp³-hybridized carbons (Fsp3) is 0.310. The Labute approximate surface area is 226 Å². The molecule has 2 aliphatic rings. The zero-order valence-electron chi connectivity index (χ0n) is 21.0. The van der Waals surface area contributed by atoms with E-state index in [-0.39, 0.29) is 5.91 Å². The zero-order valence-corrected chi connectivity index (χ0v) is 21.7. The number of unbranched alkanes of at least 4 members (excludes halogenated alkanes) is 1. The van der Waals surface area contributed by atoms with Gasteiger partial charge in [0.15, 0.2) is 5.69 Å². The highest BCUT2D eigenvalue weighted by molar-refractivity contribution is 6.30. The van der Waals surface area contributed by atoms with Crippen LogP contribution in [-0.2, 0) is 25.9 Å². The summed E-state index contributed by atoms with van der Waals surface area (Å²) in [7, 11) is 0. The molecule has 1 amide bonds. The van der Waals surface area contributed by atoms with Gasteiger partial charge in [0, 0.05) is 29.7 Å². The third-order valence-corrected chi connectivity index (χ3v) is 7.32. The first kappa shape index (κ1) is 24.4. The molecule has 0 radical (unpaired) electrons. The maximum Gasteiger partial charge on any atom is 0.273 e. The van der Waals surface area contributed by atoms with Gasteiger partial charge in [-0.3, -0.25) is 14.5 Å². The molecule has 1 N–H and O–H groups in total. The lowest BCUT2D eigenvalue weighted by Crippen LogP contribution is -2.23. The van der Waals surface area contributed by atoms with E-state index in [4.69, 9.17) is 11.6 Å². The summed E-state index contributed by atoms with van der Waals surface area (Å²) in [5.74, 6) is 0.411. The SMILES string of the molecule is O=C(NCc1ccccn1)c1cn(CCCCc2cc3c(nn2)CC(C2CC2)=C3c2ccc(Cl)cc2)nn1. The van der Waals surface area contributed by atoms with E-state index >= 15 is 0 Å². The van der Waals surface area contributed by atoms with Gasteiger partial charge >= 0.3 is 0 Å². The van der Waals surface area contributed by atoms with Crippen LogP contribution in [0.1, 0.15) is 64.4 Å². The molecule has 1 aromatic carbocycles. The highest BCUT2D eigenvalue weighted by Crippen LogP contribution is 2.48. The third kappa shape index (κ3) is 5.50. The van der Waals surface area contributed by atoms with Crippen molar-refractivity contribution in [2.24, 2.45) is 5.92 Å². The molecular weight excluding hydrogens is 498 g/mol. The van der Waals surface area contributed by atoms with E-state index in [1.165, 1.54) is 35.1 Å². The number of pyridine rings is 1. The van der Waals surface area contributed by atoms with Crippen LogP contribution in [0.3, 0.4) is 0 Å². The normalized spacial score (nSPS) is 14.6. The lowest BCUT2D eigenvalue weighted by Gasteiger charge is -2.10. The van der Waals surface area contributed by atoms with Crippen molar-refractivity contribution in [3.8, 4) is 0 Å². The fourth-order valence-electron chi connectivity index (χ4n) is 4.96. The molecule has 2 aliphatic carbocycles. The number of aromatic nitrogens is 6. The van der Waals surface area contributed by atoms with E-state index in [0.717, 1.165) is 47.8 Å². The van der Waals surface area contributed by atoms with Gasteiger partial charge in [0.1, 0.15) is 0 Å². The molecule has 3 heterocycles. The van der Waals surface area contributed by atoms with E-state index in [9.17, 15) is 4.79 Å². The first-order chi connectivity index (χ1) is 18.6. The molecule has 0 unspecified atom stereocenters. The van der Waals surface area contributed by atoms with Crippen molar-refractivity contribution in [1.29, 1.82) is 0 Å².